The number of nitrogens with zero attached hydrogens (tertiary/aromatic N) is 3. The molecule has 24 heavy (non-hydrogen) atoms. The van der Waals surface area contributed by atoms with Gasteiger partial charge in [-0.1, -0.05) is 6.07 Å². The topological polar surface area (TPSA) is 53.1 Å². The second kappa shape index (κ2) is 7.57. The molecule has 1 heterocycles. The van der Waals surface area contributed by atoms with Crippen LogP contribution in [0.4, 0.5) is 21.8 Å². The lowest BCUT2D eigenvalue weighted by molar-refractivity contribution is 0.405. The molecule has 1 aliphatic carbocycles. The minimum Gasteiger partial charge on any atom is -0.354 e. The van der Waals surface area contributed by atoms with Crippen LogP contribution in [0.3, 0.4) is 0 Å². The van der Waals surface area contributed by atoms with Crippen LogP contribution in [0.25, 0.3) is 0 Å². The average molecular weight is 329 g/mol. The molecule has 1 aromatic heterocycles. The van der Waals surface area contributed by atoms with Crippen LogP contribution in [0.1, 0.15) is 30.9 Å². The van der Waals surface area contributed by atoms with E-state index in [9.17, 15) is 4.39 Å². The lowest BCUT2D eigenvalue weighted by Gasteiger charge is -2.12. The molecule has 0 amide bonds. The summed E-state index contributed by atoms with van der Waals surface area (Å²) in [6.07, 6.45) is 3.38. The third-order valence-corrected chi connectivity index (χ3v) is 3.90. The first-order chi connectivity index (χ1) is 11.6. The van der Waals surface area contributed by atoms with Crippen LogP contribution in [-0.4, -0.2) is 42.1 Å². The second-order valence-corrected chi connectivity index (χ2v) is 6.49. The van der Waals surface area contributed by atoms with E-state index < -0.39 is 0 Å². The Labute approximate surface area is 142 Å². The van der Waals surface area contributed by atoms with Gasteiger partial charge in [0.25, 0.3) is 0 Å². The van der Waals surface area contributed by atoms with Gasteiger partial charge in [-0.3, -0.25) is 0 Å². The van der Waals surface area contributed by atoms with E-state index in [1.807, 2.05) is 12.1 Å². The summed E-state index contributed by atoms with van der Waals surface area (Å²) in [4.78, 5) is 11.3. The van der Waals surface area contributed by atoms with Crippen LogP contribution in [0.15, 0.2) is 30.3 Å². The molecule has 5 nitrogen and oxygen atoms in total. The molecule has 0 spiro atoms. The molecule has 0 bridgehead atoms. The molecule has 128 valence electrons. The van der Waals surface area contributed by atoms with E-state index in [1.54, 1.807) is 6.07 Å². The molecule has 0 atom stereocenters. The average Bonchev–Trinajstić information content (AvgIpc) is 3.36. The van der Waals surface area contributed by atoms with Crippen molar-refractivity contribution in [2.45, 2.75) is 25.2 Å². The van der Waals surface area contributed by atoms with E-state index >= 15 is 0 Å². The number of rotatable bonds is 8. The van der Waals surface area contributed by atoms with E-state index in [0.717, 1.165) is 25.2 Å². The first-order valence-electron chi connectivity index (χ1n) is 8.40. The number of aromatic nitrogens is 2. The van der Waals surface area contributed by atoms with E-state index in [4.69, 9.17) is 0 Å². The molecule has 1 saturated carbocycles. The van der Waals surface area contributed by atoms with Gasteiger partial charge in [0, 0.05) is 24.2 Å². The van der Waals surface area contributed by atoms with Crippen molar-refractivity contribution in [1.29, 1.82) is 0 Å². The molecule has 0 saturated heterocycles. The van der Waals surface area contributed by atoms with Gasteiger partial charge < -0.3 is 15.5 Å². The predicted molar refractivity (Wildman–Crippen MR) is 95.4 cm³/mol. The van der Waals surface area contributed by atoms with Gasteiger partial charge in [0.1, 0.15) is 11.6 Å². The predicted octanol–water partition coefficient (Wildman–Crippen LogP) is 3.60. The summed E-state index contributed by atoms with van der Waals surface area (Å²) in [7, 11) is 4.12. The Morgan fingerprint density at radius 1 is 1.21 bits per heavy atom. The minimum atomic E-state index is -0.265. The standard InChI is InChI=1S/C18H24FN5/c1-24(2)10-4-9-20-18-22-16(13-7-8-13)12-17(23-18)21-15-6-3-5-14(19)11-15/h3,5-6,11-13H,4,7-10H2,1-2H3,(H2,20,21,22,23). The van der Waals surface area contributed by atoms with Gasteiger partial charge in [-0.05, 0) is 58.1 Å². The van der Waals surface area contributed by atoms with Gasteiger partial charge in [-0.25, -0.2) is 9.37 Å². The third kappa shape index (κ3) is 4.89. The fourth-order valence-corrected chi connectivity index (χ4v) is 2.51. The van der Waals surface area contributed by atoms with Crippen molar-refractivity contribution in [3.63, 3.8) is 0 Å². The Hall–Kier alpha value is -2.21. The Balaban J connectivity index is 1.70. The van der Waals surface area contributed by atoms with Gasteiger partial charge in [0.05, 0.1) is 5.69 Å². The summed E-state index contributed by atoms with van der Waals surface area (Å²) in [5.74, 6) is 1.60. The molecule has 1 fully saturated rings. The van der Waals surface area contributed by atoms with Gasteiger partial charge in [-0.15, -0.1) is 0 Å². The zero-order chi connectivity index (χ0) is 16.9. The van der Waals surface area contributed by atoms with Crippen LogP contribution >= 0.6 is 0 Å². The van der Waals surface area contributed by atoms with Gasteiger partial charge in [0.2, 0.25) is 5.95 Å². The van der Waals surface area contributed by atoms with Crippen molar-refractivity contribution in [3.05, 3.63) is 41.8 Å². The molecule has 0 unspecified atom stereocenters. The van der Waals surface area contributed by atoms with Crippen LogP contribution in [-0.2, 0) is 0 Å². The molecular formula is C18H24FN5. The van der Waals surface area contributed by atoms with Crippen LogP contribution in [0.5, 0.6) is 0 Å². The van der Waals surface area contributed by atoms with Crippen LogP contribution in [0.2, 0.25) is 0 Å². The Kier molecular flexibility index (Phi) is 5.25. The highest BCUT2D eigenvalue weighted by atomic mass is 19.1. The molecule has 3 rings (SSSR count). The molecular weight excluding hydrogens is 305 g/mol. The van der Waals surface area contributed by atoms with Gasteiger partial charge in [-0.2, -0.15) is 4.98 Å². The monoisotopic (exact) mass is 329 g/mol. The van der Waals surface area contributed by atoms with Crippen molar-refractivity contribution in [2.24, 2.45) is 0 Å². The summed E-state index contributed by atoms with van der Waals surface area (Å²) >= 11 is 0. The molecule has 1 aliphatic rings. The molecule has 2 N–H and O–H groups in total. The lowest BCUT2D eigenvalue weighted by Crippen LogP contribution is -2.17. The fourth-order valence-electron chi connectivity index (χ4n) is 2.51. The Bertz CT molecular complexity index is 685. The van der Waals surface area contributed by atoms with Crippen molar-refractivity contribution in [1.82, 2.24) is 14.9 Å². The quantitative estimate of drug-likeness (QED) is 0.725. The van der Waals surface area contributed by atoms with Crippen molar-refractivity contribution in [2.75, 3.05) is 37.8 Å². The second-order valence-electron chi connectivity index (χ2n) is 6.49. The maximum absolute atomic E-state index is 13.3. The van der Waals surface area contributed by atoms with Gasteiger partial charge in [0.15, 0.2) is 0 Å². The number of hydrogen-bond acceptors (Lipinski definition) is 5. The number of nitrogens with one attached hydrogen (secondary N) is 2. The number of benzene rings is 1. The first-order valence-corrected chi connectivity index (χ1v) is 8.40. The Morgan fingerprint density at radius 3 is 2.75 bits per heavy atom. The largest absolute Gasteiger partial charge is 0.354 e. The summed E-state index contributed by atoms with van der Waals surface area (Å²) in [6, 6.07) is 8.36. The molecule has 1 aromatic carbocycles. The molecule has 0 radical (unpaired) electrons. The summed E-state index contributed by atoms with van der Waals surface area (Å²) in [6.45, 7) is 1.84. The van der Waals surface area contributed by atoms with E-state index in [2.05, 4.69) is 39.6 Å². The number of anilines is 3. The van der Waals surface area contributed by atoms with Gasteiger partial charge >= 0.3 is 0 Å². The highest BCUT2D eigenvalue weighted by Crippen LogP contribution is 2.40. The van der Waals surface area contributed by atoms with Crippen molar-refractivity contribution >= 4 is 17.5 Å². The third-order valence-electron chi connectivity index (χ3n) is 3.90. The lowest BCUT2D eigenvalue weighted by atomic mass is 10.2. The number of halogens is 1. The fraction of sp³-hybridized carbons (Fsp3) is 0.444. The Morgan fingerprint density at radius 2 is 2.04 bits per heavy atom. The minimum absolute atomic E-state index is 0.265. The molecule has 0 aliphatic heterocycles. The van der Waals surface area contributed by atoms with Crippen molar-refractivity contribution in [3.8, 4) is 0 Å². The van der Waals surface area contributed by atoms with E-state index in [1.165, 1.54) is 25.0 Å². The highest BCUT2D eigenvalue weighted by Gasteiger charge is 2.26. The smallest absolute Gasteiger partial charge is 0.224 e. The molecule has 2 aromatic rings. The van der Waals surface area contributed by atoms with E-state index in [-0.39, 0.29) is 5.82 Å². The maximum Gasteiger partial charge on any atom is 0.224 e. The SMILES string of the molecule is CN(C)CCCNc1nc(Nc2cccc(F)c2)cc(C2CC2)n1. The van der Waals surface area contributed by atoms with Crippen LogP contribution in [0, 0.1) is 5.82 Å². The van der Waals surface area contributed by atoms with E-state index in [0.29, 0.717) is 23.4 Å². The van der Waals surface area contributed by atoms with Crippen LogP contribution < -0.4 is 10.6 Å². The summed E-state index contributed by atoms with van der Waals surface area (Å²) < 4.78 is 13.3. The maximum atomic E-state index is 13.3. The molecule has 6 heteroatoms. The summed E-state index contributed by atoms with van der Waals surface area (Å²) in [5.41, 5.74) is 1.74. The normalized spacial score (nSPS) is 14.0. The highest BCUT2D eigenvalue weighted by molar-refractivity contribution is 5.58. The zero-order valence-corrected chi connectivity index (χ0v) is 14.2. The number of hydrogen-bond donors (Lipinski definition) is 2. The summed E-state index contributed by atoms with van der Waals surface area (Å²) in [5, 5.41) is 6.48. The zero-order valence-electron chi connectivity index (χ0n) is 14.2. The van der Waals surface area contributed by atoms with Crippen molar-refractivity contribution < 1.29 is 4.39 Å². The first kappa shape index (κ1) is 16.6.